The molecule has 0 fully saturated rings. The maximum atomic E-state index is 12.0. The Morgan fingerprint density at radius 3 is 2.63 bits per heavy atom. The van der Waals surface area contributed by atoms with Gasteiger partial charge in [0.1, 0.15) is 0 Å². The maximum absolute atomic E-state index is 12.0. The van der Waals surface area contributed by atoms with Gasteiger partial charge in [-0.3, -0.25) is 4.79 Å². The Kier molecular flexibility index (Phi) is 8.13. The third-order valence-corrected chi connectivity index (χ3v) is 4.18. The fourth-order valence-electron chi connectivity index (χ4n) is 2.28. The molecule has 0 bridgehead atoms. The first-order chi connectivity index (χ1) is 12.9. The van der Waals surface area contributed by atoms with Gasteiger partial charge in [0.25, 0.3) is 0 Å². The van der Waals surface area contributed by atoms with Crippen molar-refractivity contribution < 1.29 is 14.3 Å². The van der Waals surface area contributed by atoms with Crippen LogP contribution in [-0.4, -0.2) is 24.8 Å². The van der Waals surface area contributed by atoms with E-state index in [1.807, 2.05) is 45.0 Å². The molecule has 0 aliphatic heterocycles. The average molecular weight is 454 g/mol. The number of hydrazone groups is 1. The molecule has 0 spiro atoms. The number of nitrogens with one attached hydrogen (secondary N) is 1. The summed E-state index contributed by atoms with van der Waals surface area (Å²) in [6.45, 7) is 6.20. The molecule has 0 atom stereocenters. The Morgan fingerprint density at radius 2 is 2.00 bits per heavy atom. The van der Waals surface area contributed by atoms with Crippen LogP contribution in [0.4, 0.5) is 0 Å². The van der Waals surface area contributed by atoms with Gasteiger partial charge in [-0.15, -0.1) is 0 Å². The lowest BCUT2D eigenvalue weighted by atomic mass is 10.1. The van der Waals surface area contributed by atoms with E-state index in [4.69, 9.17) is 21.1 Å². The number of benzene rings is 2. The molecule has 2 aromatic rings. The zero-order chi connectivity index (χ0) is 19.8. The molecule has 1 amide bonds. The SMILES string of the molecule is CCOc1cc(/C=N/NC(=O)Cc2ccc(Br)cc2)cc(Cl)c1OC(C)C. The van der Waals surface area contributed by atoms with Crippen LogP contribution in [0, 0.1) is 0 Å². The molecule has 0 saturated heterocycles. The summed E-state index contributed by atoms with van der Waals surface area (Å²) >= 11 is 9.68. The molecule has 5 nitrogen and oxygen atoms in total. The summed E-state index contributed by atoms with van der Waals surface area (Å²) in [5, 5.41) is 4.43. The highest BCUT2D eigenvalue weighted by Gasteiger charge is 2.13. The van der Waals surface area contributed by atoms with Crippen LogP contribution in [0.2, 0.25) is 5.02 Å². The molecule has 0 aliphatic carbocycles. The van der Waals surface area contributed by atoms with E-state index in [-0.39, 0.29) is 18.4 Å². The van der Waals surface area contributed by atoms with E-state index in [0.717, 1.165) is 10.0 Å². The fourth-order valence-corrected chi connectivity index (χ4v) is 2.81. The quantitative estimate of drug-likeness (QED) is 0.453. The molecule has 0 radical (unpaired) electrons. The predicted molar refractivity (Wildman–Crippen MR) is 112 cm³/mol. The molecule has 0 unspecified atom stereocenters. The van der Waals surface area contributed by atoms with Crippen LogP contribution in [0.5, 0.6) is 11.5 Å². The zero-order valence-electron chi connectivity index (χ0n) is 15.5. The smallest absolute Gasteiger partial charge is 0.244 e. The van der Waals surface area contributed by atoms with Gasteiger partial charge in [0.15, 0.2) is 11.5 Å². The highest BCUT2D eigenvalue weighted by molar-refractivity contribution is 9.10. The van der Waals surface area contributed by atoms with E-state index in [1.165, 1.54) is 6.21 Å². The Morgan fingerprint density at radius 1 is 1.30 bits per heavy atom. The first kappa shape index (κ1) is 21.3. The molecule has 2 aromatic carbocycles. The lowest BCUT2D eigenvalue weighted by Gasteiger charge is -2.16. The summed E-state index contributed by atoms with van der Waals surface area (Å²) in [5.74, 6) is 0.843. The molecule has 1 N–H and O–H groups in total. The van der Waals surface area contributed by atoms with Crippen LogP contribution in [0.25, 0.3) is 0 Å². The van der Waals surface area contributed by atoms with Crippen LogP contribution in [0.1, 0.15) is 31.9 Å². The Hall–Kier alpha value is -2.05. The van der Waals surface area contributed by atoms with E-state index in [0.29, 0.717) is 28.7 Å². The van der Waals surface area contributed by atoms with Crippen molar-refractivity contribution in [1.29, 1.82) is 0 Å². The van der Waals surface area contributed by atoms with Crippen LogP contribution < -0.4 is 14.9 Å². The van der Waals surface area contributed by atoms with Crippen molar-refractivity contribution in [3.05, 3.63) is 57.0 Å². The maximum Gasteiger partial charge on any atom is 0.244 e. The molecule has 7 heteroatoms. The summed E-state index contributed by atoms with van der Waals surface area (Å²) in [7, 11) is 0. The summed E-state index contributed by atoms with van der Waals surface area (Å²) in [6.07, 6.45) is 1.74. The first-order valence-electron chi connectivity index (χ1n) is 8.58. The van der Waals surface area contributed by atoms with E-state index in [9.17, 15) is 4.79 Å². The first-order valence-corrected chi connectivity index (χ1v) is 9.75. The van der Waals surface area contributed by atoms with Crippen molar-refractivity contribution in [1.82, 2.24) is 5.43 Å². The summed E-state index contributed by atoms with van der Waals surface area (Å²) in [4.78, 5) is 12.0. The Bertz CT molecular complexity index is 808. The molecule has 0 aliphatic rings. The summed E-state index contributed by atoms with van der Waals surface area (Å²) in [6, 6.07) is 11.0. The normalized spacial score (nSPS) is 11.0. The van der Waals surface area contributed by atoms with Crippen LogP contribution in [0.3, 0.4) is 0 Å². The Labute approximate surface area is 172 Å². The second-order valence-electron chi connectivity index (χ2n) is 6.03. The fraction of sp³-hybridized carbons (Fsp3) is 0.300. The van der Waals surface area contributed by atoms with Crippen LogP contribution in [-0.2, 0) is 11.2 Å². The third kappa shape index (κ3) is 6.88. The standard InChI is InChI=1S/C20H22BrClN2O3/c1-4-26-18-10-15(9-17(22)20(18)27-13(2)3)12-23-24-19(25)11-14-5-7-16(21)8-6-14/h5-10,12-13H,4,11H2,1-3H3,(H,24,25)/b23-12+. The number of rotatable bonds is 8. The number of hydrogen-bond donors (Lipinski definition) is 1. The molecule has 0 aromatic heterocycles. The number of ether oxygens (including phenoxy) is 2. The van der Waals surface area contributed by atoms with Gasteiger partial charge in [0.05, 0.1) is 30.4 Å². The zero-order valence-corrected chi connectivity index (χ0v) is 17.8. The number of carbonyl (C=O) groups is 1. The molecule has 0 heterocycles. The average Bonchev–Trinajstić information content (AvgIpc) is 2.60. The van der Waals surface area contributed by atoms with Crippen LogP contribution in [0.15, 0.2) is 46.0 Å². The topological polar surface area (TPSA) is 59.9 Å². The van der Waals surface area contributed by atoms with E-state index >= 15 is 0 Å². The van der Waals surface area contributed by atoms with Crippen LogP contribution >= 0.6 is 27.5 Å². The van der Waals surface area contributed by atoms with Gasteiger partial charge in [-0.1, -0.05) is 39.7 Å². The number of hydrogen-bond acceptors (Lipinski definition) is 4. The minimum atomic E-state index is -0.204. The molecular formula is C20H22BrClN2O3. The second kappa shape index (κ2) is 10.3. The molecule has 144 valence electrons. The van der Waals surface area contributed by atoms with E-state index in [2.05, 4.69) is 26.5 Å². The highest BCUT2D eigenvalue weighted by Crippen LogP contribution is 2.37. The van der Waals surface area contributed by atoms with Gasteiger partial charge in [0.2, 0.25) is 5.91 Å². The summed E-state index contributed by atoms with van der Waals surface area (Å²) < 4.78 is 12.3. The van der Waals surface area contributed by atoms with Gasteiger partial charge in [0, 0.05) is 4.47 Å². The van der Waals surface area contributed by atoms with Crippen molar-refractivity contribution in [3.8, 4) is 11.5 Å². The molecule has 2 rings (SSSR count). The van der Waals surface area contributed by atoms with Crippen molar-refractivity contribution in [2.24, 2.45) is 5.10 Å². The van der Waals surface area contributed by atoms with Gasteiger partial charge in [-0.2, -0.15) is 5.10 Å². The molecular weight excluding hydrogens is 432 g/mol. The van der Waals surface area contributed by atoms with E-state index in [1.54, 1.807) is 12.1 Å². The van der Waals surface area contributed by atoms with E-state index < -0.39 is 0 Å². The number of nitrogens with zero attached hydrogens (tertiary/aromatic N) is 1. The number of amides is 1. The van der Waals surface area contributed by atoms with Gasteiger partial charge < -0.3 is 9.47 Å². The summed E-state index contributed by atoms with van der Waals surface area (Å²) in [5.41, 5.74) is 4.12. The predicted octanol–water partition coefficient (Wildman–Crippen LogP) is 4.98. The van der Waals surface area contributed by atoms with Crippen molar-refractivity contribution in [2.45, 2.75) is 33.3 Å². The highest BCUT2D eigenvalue weighted by atomic mass is 79.9. The lowest BCUT2D eigenvalue weighted by molar-refractivity contribution is -0.120. The number of carbonyl (C=O) groups excluding carboxylic acids is 1. The van der Waals surface area contributed by atoms with Gasteiger partial charge in [-0.25, -0.2) is 5.43 Å². The molecule has 0 saturated carbocycles. The van der Waals surface area contributed by atoms with Crippen molar-refractivity contribution in [2.75, 3.05) is 6.61 Å². The minimum absolute atomic E-state index is 0.0286. The van der Waals surface area contributed by atoms with Gasteiger partial charge >= 0.3 is 0 Å². The number of halogens is 2. The third-order valence-electron chi connectivity index (χ3n) is 3.37. The van der Waals surface area contributed by atoms with Crippen molar-refractivity contribution >= 4 is 39.7 Å². The second-order valence-corrected chi connectivity index (χ2v) is 7.35. The Balaban J connectivity index is 2.04. The van der Waals surface area contributed by atoms with Gasteiger partial charge in [-0.05, 0) is 56.2 Å². The monoisotopic (exact) mass is 452 g/mol. The largest absolute Gasteiger partial charge is 0.490 e. The van der Waals surface area contributed by atoms with Crippen molar-refractivity contribution in [3.63, 3.8) is 0 Å². The lowest BCUT2D eigenvalue weighted by Crippen LogP contribution is -2.19. The minimum Gasteiger partial charge on any atom is -0.490 e. The molecule has 27 heavy (non-hydrogen) atoms.